The number of ether oxygens (including phenoxy) is 2. The minimum atomic E-state index is -2.99. The summed E-state index contributed by atoms with van der Waals surface area (Å²) in [4.78, 5) is 4.48. The summed E-state index contributed by atoms with van der Waals surface area (Å²) < 4.78 is 33.1. The van der Waals surface area contributed by atoms with Gasteiger partial charge in [-0.05, 0) is 38.1 Å². The fraction of sp³-hybridized carbons (Fsp3) is 0.588. The zero-order valence-electron chi connectivity index (χ0n) is 15.5. The van der Waals surface area contributed by atoms with Gasteiger partial charge in [0.2, 0.25) is 0 Å². The summed E-state index contributed by atoms with van der Waals surface area (Å²) in [7, 11) is -2.99. The topological polar surface area (TPSA) is 89.0 Å². The van der Waals surface area contributed by atoms with Gasteiger partial charge in [0.15, 0.2) is 5.96 Å². The Kier molecular flexibility index (Phi) is 10.4. The molecule has 7 nitrogen and oxygen atoms in total. The van der Waals surface area contributed by atoms with Crippen molar-refractivity contribution >= 4 is 27.4 Å². The molecule has 0 aliphatic rings. The van der Waals surface area contributed by atoms with E-state index in [9.17, 15) is 8.42 Å². The van der Waals surface area contributed by atoms with Gasteiger partial charge in [0.25, 0.3) is 0 Å². The Morgan fingerprint density at radius 1 is 1.23 bits per heavy atom. The molecule has 0 amide bonds. The van der Waals surface area contributed by atoms with E-state index in [4.69, 9.17) is 21.1 Å². The number of hydrogen-bond acceptors (Lipinski definition) is 5. The zero-order valence-corrected chi connectivity index (χ0v) is 17.1. The van der Waals surface area contributed by atoms with Crippen LogP contribution in [0.5, 0.6) is 5.75 Å². The summed E-state index contributed by atoms with van der Waals surface area (Å²) in [6.07, 6.45) is 1.09. The largest absolute Gasteiger partial charge is 0.489 e. The highest BCUT2D eigenvalue weighted by molar-refractivity contribution is 7.90. The number of guanidine groups is 1. The first-order valence-electron chi connectivity index (χ1n) is 8.50. The highest BCUT2D eigenvalue weighted by Crippen LogP contribution is 2.16. The van der Waals surface area contributed by atoms with E-state index in [-0.39, 0.29) is 18.5 Å². The molecule has 1 atom stereocenters. The first kappa shape index (κ1) is 22.5. The molecule has 0 saturated heterocycles. The van der Waals surface area contributed by atoms with Crippen LogP contribution >= 0.6 is 11.6 Å². The number of nitrogens with zero attached hydrogens (tertiary/aromatic N) is 1. The number of rotatable bonds is 11. The molecule has 1 aromatic rings. The number of aliphatic imine (C=N–C) groups is 1. The number of halogens is 1. The molecule has 0 spiro atoms. The predicted octanol–water partition coefficient (Wildman–Crippen LogP) is 1.72. The van der Waals surface area contributed by atoms with Gasteiger partial charge in [0, 0.05) is 24.4 Å². The van der Waals surface area contributed by atoms with E-state index in [1.807, 2.05) is 26.0 Å². The summed E-state index contributed by atoms with van der Waals surface area (Å²) >= 11 is 5.85. The van der Waals surface area contributed by atoms with Gasteiger partial charge in [-0.25, -0.2) is 13.4 Å². The third-order valence-electron chi connectivity index (χ3n) is 3.14. The number of nitrogens with one attached hydrogen (secondary N) is 2. The summed E-state index contributed by atoms with van der Waals surface area (Å²) in [5.41, 5.74) is 0. The van der Waals surface area contributed by atoms with Crippen molar-refractivity contribution in [2.75, 3.05) is 44.9 Å². The predicted molar refractivity (Wildman–Crippen MR) is 106 cm³/mol. The molecule has 0 saturated carbocycles. The lowest BCUT2D eigenvalue weighted by molar-refractivity contribution is 0.154. The van der Waals surface area contributed by atoms with Gasteiger partial charge < -0.3 is 20.1 Å². The fourth-order valence-electron chi connectivity index (χ4n) is 1.90. The Morgan fingerprint density at radius 3 is 2.54 bits per heavy atom. The van der Waals surface area contributed by atoms with Crippen molar-refractivity contribution in [3.05, 3.63) is 29.3 Å². The lowest BCUT2D eigenvalue weighted by Gasteiger charge is -2.15. The van der Waals surface area contributed by atoms with Crippen molar-refractivity contribution in [3.63, 3.8) is 0 Å². The molecule has 2 N–H and O–H groups in total. The quantitative estimate of drug-likeness (QED) is 0.331. The van der Waals surface area contributed by atoms with Crippen LogP contribution in [0.25, 0.3) is 0 Å². The maximum Gasteiger partial charge on any atom is 0.191 e. The van der Waals surface area contributed by atoms with Crippen LogP contribution in [0.2, 0.25) is 5.02 Å². The molecule has 148 valence electrons. The minimum Gasteiger partial charge on any atom is -0.489 e. The summed E-state index contributed by atoms with van der Waals surface area (Å²) in [5, 5.41) is 6.94. The van der Waals surface area contributed by atoms with Crippen LogP contribution in [0.1, 0.15) is 13.8 Å². The Morgan fingerprint density at radius 2 is 1.92 bits per heavy atom. The van der Waals surface area contributed by atoms with Gasteiger partial charge in [-0.1, -0.05) is 11.6 Å². The molecule has 0 heterocycles. The smallest absolute Gasteiger partial charge is 0.191 e. The molecule has 0 aliphatic heterocycles. The zero-order chi connectivity index (χ0) is 19.4. The lowest BCUT2D eigenvalue weighted by Crippen LogP contribution is -2.39. The van der Waals surface area contributed by atoms with Crippen LogP contribution in [0.15, 0.2) is 29.3 Å². The Labute approximate surface area is 161 Å². The van der Waals surface area contributed by atoms with Crippen LogP contribution in [-0.2, 0) is 14.6 Å². The minimum absolute atomic E-state index is 0.0285. The van der Waals surface area contributed by atoms with Crippen molar-refractivity contribution in [1.82, 2.24) is 10.6 Å². The van der Waals surface area contributed by atoms with Crippen LogP contribution in [0.3, 0.4) is 0 Å². The van der Waals surface area contributed by atoms with Crippen molar-refractivity contribution in [2.24, 2.45) is 4.99 Å². The van der Waals surface area contributed by atoms with Gasteiger partial charge in [0.05, 0.1) is 25.5 Å². The normalized spacial score (nSPS) is 13.3. The highest BCUT2D eigenvalue weighted by Gasteiger charge is 2.05. The summed E-state index contributed by atoms with van der Waals surface area (Å²) in [5.74, 6) is 1.43. The molecule has 1 rings (SSSR count). The van der Waals surface area contributed by atoms with Gasteiger partial charge >= 0.3 is 0 Å². The maximum absolute atomic E-state index is 11.0. The van der Waals surface area contributed by atoms with Crippen LogP contribution < -0.4 is 15.4 Å². The summed E-state index contributed by atoms with van der Waals surface area (Å²) in [6, 6.07) is 7.20. The average molecular weight is 406 g/mol. The average Bonchev–Trinajstić information content (AvgIpc) is 2.56. The first-order chi connectivity index (χ1) is 12.3. The van der Waals surface area contributed by atoms with E-state index in [1.165, 1.54) is 6.26 Å². The van der Waals surface area contributed by atoms with E-state index >= 15 is 0 Å². The second kappa shape index (κ2) is 12.0. The van der Waals surface area contributed by atoms with Crippen molar-refractivity contribution in [2.45, 2.75) is 20.0 Å². The molecular formula is C17H28ClN3O4S. The van der Waals surface area contributed by atoms with E-state index in [1.54, 1.807) is 12.1 Å². The van der Waals surface area contributed by atoms with E-state index < -0.39 is 9.84 Å². The van der Waals surface area contributed by atoms with E-state index in [0.717, 1.165) is 12.3 Å². The molecule has 0 radical (unpaired) electrons. The van der Waals surface area contributed by atoms with E-state index in [2.05, 4.69) is 15.6 Å². The van der Waals surface area contributed by atoms with Crippen molar-refractivity contribution < 1.29 is 17.9 Å². The molecule has 26 heavy (non-hydrogen) atoms. The van der Waals surface area contributed by atoms with Gasteiger partial charge in [-0.15, -0.1) is 0 Å². The van der Waals surface area contributed by atoms with Crippen LogP contribution in [0.4, 0.5) is 0 Å². The summed E-state index contributed by atoms with van der Waals surface area (Å²) in [6.45, 7) is 6.25. The van der Waals surface area contributed by atoms with E-state index in [0.29, 0.717) is 30.7 Å². The number of sulfone groups is 1. The molecule has 0 fully saturated rings. The Bertz CT molecular complexity index is 650. The molecule has 0 bridgehead atoms. The highest BCUT2D eigenvalue weighted by atomic mass is 35.5. The van der Waals surface area contributed by atoms with Crippen molar-refractivity contribution in [3.8, 4) is 5.75 Å². The molecular weight excluding hydrogens is 378 g/mol. The SMILES string of the molecule is CCNC(=NCC(C)Oc1ccc(Cl)cc1)NCCOCCS(C)(=O)=O. The molecule has 0 aromatic heterocycles. The second-order valence-electron chi connectivity index (χ2n) is 5.77. The monoisotopic (exact) mass is 405 g/mol. The van der Waals surface area contributed by atoms with Gasteiger partial charge in [0.1, 0.15) is 21.7 Å². The van der Waals surface area contributed by atoms with Gasteiger partial charge in [-0.2, -0.15) is 0 Å². The first-order valence-corrected chi connectivity index (χ1v) is 10.9. The lowest BCUT2D eigenvalue weighted by atomic mass is 10.3. The molecule has 0 aliphatic carbocycles. The molecule has 1 aromatic carbocycles. The Balaban J connectivity index is 2.33. The van der Waals surface area contributed by atoms with Crippen LogP contribution in [0, 0.1) is 0 Å². The number of benzene rings is 1. The standard InChI is InChI=1S/C17H28ClN3O4S/c1-4-19-17(20-9-10-24-11-12-26(3,22)23)21-13-14(2)25-16-7-5-15(18)6-8-16/h5-8,14H,4,9-13H2,1-3H3,(H2,19,20,21). The third-order valence-corrected chi connectivity index (χ3v) is 4.30. The maximum atomic E-state index is 11.0. The molecule has 9 heteroatoms. The fourth-order valence-corrected chi connectivity index (χ4v) is 2.44. The molecule has 1 unspecified atom stereocenters. The third kappa shape index (κ3) is 11.2. The van der Waals surface area contributed by atoms with Crippen LogP contribution in [-0.4, -0.2) is 65.3 Å². The Hall–Kier alpha value is -1.51. The van der Waals surface area contributed by atoms with Crippen molar-refractivity contribution in [1.29, 1.82) is 0 Å². The number of hydrogen-bond donors (Lipinski definition) is 2. The van der Waals surface area contributed by atoms with Gasteiger partial charge in [-0.3, -0.25) is 0 Å². The second-order valence-corrected chi connectivity index (χ2v) is 8.47.